The Morgan fingerprint density at radius 3 is 2.30 bits per heavy atom. The quantitative estimate of drug-likeness (QED) is 0.475. The molecule has 0 bridgehead atoms. The minimum atomic E-state index is -0.200. The van der Waals surface area contributed by atoms with E-state index in [1.165, 1.54) is 22.5 Å². The Bertz CT molecular complexity index is 966. The molecule has 0 aliphatic carbocycles. The van der Waals surface area contributed by atoms with Gasteiger partial charge in [0, 0.05) is 17.1 Å². The lowest BCUT2D eigenvalue weighted by molar-refractivity contribution is 0.0950. The molecule has 7 heteroatoms. The number of hydrogen-bond donors (Lipinski definition) is 2. The van der Waals surface area contributed by atoms with Gasteiger partial charge in [0.05, 0.1) is 6.54 Å². The lowest BCUT2D eigenvalue weighted by Gasteiger charge is -2.33. The van der Waals surface area contributed by atoms with Crippen LogP contribution in [0.1, 0.15) is 58.2 Å². The summed E-state index contributed by atoms with van der Waals surface area (Å²) in [5.74, 6) is -0.200. The summed E-state index contributed by atoms with van der Waals surface area (Å²) in [6.07, 6.45) is 1.85. The lowest BCUT2D eigenvalue weighted by Crippen LogP contribution is -2.40. The number of aryl methyl sites for hydroxylation is 1. The smallest absolute Gasteiger partial charge is 0.282 e. The fourth-order valence-electron chi connectivity index (χ4n) is 3.40. The van der Waals surface area contributed by atoms with Gasteiger partial charge in [-0.3, -0.25) is 4.79 Å². The lowest BCUT2D eigenvalue weighted by atomic mass is 9.84. The SMILES string of the molecule is CCC(CC)(NCc1nnc(C(=O)NCc2ccc(C)cc2)s1)c1ccc(Cl)cc1. The van der Waals surface area contributed by atoms with Gasteiger partial charge in [-0.1, -0.05) is 78.7 Å². The Balaban J connectivity index is 1.61. The molecular formula is C23H27ClN4OS. The zero-order chi connectivity index (χ0) is 21.6. The Morgan fingerprint density at radius 2 is 1.67 bits per heavy atom. The van der Waals surface area contributed by atoms with Crippen LogP contribution in [-0.2, 0) is 18.6 Å². The molecule has 0 spiro atoms. The second-order valence-electron chi connectivity index (χ2n) is 7.32. The van der Waals surface area contributed by atoms with Gasteiger partial charge in [-0.05, 0) is 43.0 Å². The summed E-state index contributed by atoms with van der Waals surface area (Å²) in [5.41, 5.74) is 3.26. The van der Waals surface area contributed by atoms with E-state index in [-0.39, 0.29) is 11.4 Å². The monoisotopic (exact) mass is 442 g/mol. The molecule has 0 atom stereocenters. The molecule has 1 heterocycles. The molecule has 1 aromatic heterocycles. The molecule has 1 amide bonds. The Morgan fingerprint density at radius 1 is 1.00 bits per heavy atom. The first-order chi connectivity index (χ1) is 14.5. The van der Waals surface area contributed by atoms with E-state index in [2.05, 4.69) is 46.8 Å². The molecule has 0 radical (unpaired) electrons. The summed E-state index contributed by atoms with van der Waals surface area (Å²) < 4.78 is 0. The molecule has 5 nitrogen and oxygen atoms in total. The number of amides is 1. The predicted molar refractivity (Wildman–Crippen MR) is 123 cm³/mol. The van der Waals surface area contributed by atoms with Crippen molar-refractivity contribution in [1.82, 2.24) is 20.8 Å². The van der Waals surface area contributed by atoms with Crippen molar-refractivity contribution in [3.05, 3.63) is 80.3 Å². The maximum absolute atomic E-state index is 12.4. The van der Waals surface area contributed by atoms with Gasteiger partial charge < -0.3 is 10.6 Å². The van der Waals surface area contributed by atoms with Gasteiger partial charge in [-0.2, -0.15) is 0 Å². The predicted octanol–water partition coefficient (Wildman–Crippen LogP) is 5.24. The summed E-state index contributed by atoms with van der Waals surface area (Å²) in [6.45, 7) is 7.38. The number of carbonyl (C=O) groups excluding carboxylic acids is 1. The third kappa shape index (κ3) is 5.45. The van der Waals surface area contributed by atoms with Crippen molar-refractivity contribution in [3.63, 3.8) is 0 Å². The zero-order valence-electron chi connectivity index (χ0n) is 17.5. The van der Waals surface area contributed by atoms with E-state index in [0.717, 1.165) is 28.4 Å². The van der Waals surface area contributed by atoms with Crippen molar-refractivity contribution in [3.8, 4) is 0 Å². The molecule has 158 valence electrons. The van der Waals surface area contributed by atoms with Crippen LogP contribution in [0.15, 0.2) is 48.5 Å². The van der Waals surface area contributed by atoms with Gasteiger partial charge in [-0.15, -0.1) is 10.2 Å². The van der Waals surface area contributed by atoms with E-state index in [0.29, 0.717) is 18.1 Å². The highest BCUT2D eigenvalue weighted by Crippen LogP contribution is 2.30. The highest BCUT2D eigenvalue weighted by atomic mass is 35.5. The van der Waals surface area contributed by atoms with E-state index < -0.39 is 0 Å². The van der Waals surface area contributed by atoms with Crippen LogP contribution in [0.5, 0.6) is 0 Å². The van der Waals surface area contributed by atoms with Crippen LogP contribution < -0.4 is 10.6 Å². The van der Waals surface area contributed by atoms with Crippen molar-refractivity contribution in [2.75, 3.05) is 0 Å². The molecule has 0 fully saturated rings. The van der Waals surface area contributed by atoms with E-state index in [4.69, 9.17) is 11.6 Å². The van der Waals surface area contributed by atoms with E-state index in [1.807, 2.05) is 43.3 Å². The van der Waals surface area contributed by atoms with Crippen molar-refractivity contribution in [2.24, 2.45) is 0 Å². The summed E-state index contributed by atoms with van der Waals surface area (Å²) in [4.78, 5) is 12.4. The summed E-state index contributed by atoms with van der Waals surface area (Å²) in [5, 5.41) is 16.7. The van der Waals surface area contributed by atoms with Crippen molar-refractivity contribution < 1.29 is 4.79 Å². The molecular weight excluding hydrogens is 416 g/mol. The highest BCUT2D eigenvalue weighted by molar-refractivity contribution is 7.13. The Kier molecular flexibility index (Phi) is 7.58. The minimum Gasteiger partial charge on any atom is -0.346 e. The number of nitrogens with zero attached hydrogens (tertiary/aromatic N) is 2. The fraction of sp³-hybridized carbons (Fsp3) is 0.348. The first kappa shape index (κ1) is 22.4. The van der Waals surface area contributed by atoms with Crippen LogP contribution in [0.2, 0.25) is 5.02 Å². The number of hydrogen-bond acceptors (Lipinski definition) is 5. The molecule has 0 aliphatic heterocycles. The summed E-state index contributed by atoms with van der Waals surface area (Å²) in [6, 6.07) is 16.0. The molecule has 3 aromatic rings. The molecule has 0 aliphatic rings. The van der Waals surface area contributed by atoms with Gasteiger partial charge in [0.2, 0.25) is 5.01 Å². The van der Waals surface area contributed by atoms with Gasteiger partial charge in [0.15, 0.2) is 0 Å². The number of aromatic nitrogens is 2. The van der Waals surface area contributed by atoms with Gasteiger partial charge in [0.1, 0.15) is 5.01 Å². The average Bonchev–Trinajstić information content (AvgIpc) is 3.24. The van der Waals surface area contributed by atoms with Gasteiger partial charge >= 0.3 is 0 Å². The minimum absolute atomic E-state index is 0.176. The van der Waals surface area contributed by atoms with Crippen molar-refractivity contribution >= 4 is 28.8 Å². The maximum atomic E-state index is 12.4. The molecule has 2 N–H and O–H groups in total. The standard InChI is InChI=1S/C23H27ClN4OS/c1-4-23(5-2,18-10-12-19(24)13-11-18)26-15-20-27-28-22(30-20)21(29)25-14-17-8-6-16(3)7-9-17/h6-13,26H,4-5,14-15H2,1-3H3,(H,25,29). The van der Waals surface area contributed by atoms with Crippen LogP contribution in [0.4, 0.5) is 0 Å². The van der Waals surface area contributed by atoms with Gasteiger partial charge in [-0.25, -0.2) is 0 Å². The van der Waals surface area contributed by atoms with Gasteiger partial charge in [0.25, 0.3) is 5.91 Å². The maximum Gasteiger partial charge on any atom is 0.282 e. The average molecular weight is 443 g/mol. The van der Waals surface area contributed by atoms with Crippen LogP contribution in [0.25, 0.3) is 0 Å². The molecule has 30 heavy (non-hydrogen) atoms. The molecule has 0 saturated heterocycles. The van der Waals surface area contributed by atoms with E-state index in [1.54, 1.807) is 0 Å². The third-order valence-electron chi connectivity index (χ3n) is 5.42. The van der Waals surface area contributed by atoms with Crippen molar-refractivity contribution in [2.45, 2.75) is 52.2 Å². The number of carbonyl (C=O) groups is 1. The second-order valence-corrected chi connectivity index (χ2v) is 8.82. The molecule has 3 rings (SSSR count). The van der Waals surface area contributed by atoms with E-state index in [9.17, 15) is 4.79 Å². The largest absolute Gasteiger partial charge is 0.346 e. The Hall–Kier alpha value is -2.28. The van der Waals surface area contributed by atoms with Crippen LogP contribution in [0.3, 0.4) is 0 Å². The fourth-order valence-corrected chi connectivity index (χ4v) is 4.23. The van der Waals surface area contributed by atoms with Crippen LogP contribution >= 0.6 is 22.9 Å². The summed E-state index contributed by atoms with van der Waals surface area (Å²) in [7, 11) is 0. The third-order valence-corrected chi connectivity index (χ3v) is 6.59. The summed E-state index contributed by atoms with van der Waals surface area (Å²) >= 11 is 7.37. The zero-order valence-corrected chi connectivity index (χ0v) is 19.1. The number of nitrogens with one attached hydrogen (secondary N) is 2. The molecule has 0 saturated carbocycles. The highest BCUT2D eigenvalue weighted by Gasteiger charge is 2.28. The van der Waals surface area contributed by atoms with Crippen LogP contribution in [0, 0.1) is 6.92 Å². The number of benzene rings is 2. The first-order valence-electron chi connectivity index (χ1n) is 10.1. The number of rotatable bonds is 9. The normalized spacial score (nSPS) is 11.5. The van der Waals surface area contributed by atoms with Crippen LogP contribution in [-0.4, -0.2) is 16.1 Å². The topological polar surface area (TPSA) is 66.9 Å². The molecule has 0 unspecified atom stereocenters. The first-order valence-corrected chi connectivity index (χ1v) is 11.3. The molecule has 2 aromatic carbocycles. The van der Waals surface area contributed by atoms with E-state index >= 15 is 0 Å². The number of halogens is 1. The second kappa shape index (κ2) is 10.2. The Labute approximate surface area is 186 Å². The van der Waals surface area contributed by atoms with Crippen molar-refractivity contribution in [1.29, 1.82) is 0 Å².